The van der Waals surface area contributed by atoms with Gasteiger partial charge in [-0.05, 0) is 58.7 Å². The number of nitrogens with zero attached hydrogens (tertiary/aromatic N) is 2. The molecular formula is C16H27N3O. The molecule has 2 rings (SSSR count). The molecule has 1 atom stereocenters. The molecule has 0 aromatic carbocycles. The third kappa shape index (κ3) is 4.10. The Morgan fingerprint density at radius 3 is 2.95 bits per heavy atom. The number of hydrogen-bond acceptors (Lipinski definition) is 4. The van der Waals surface area contributed by atoms with E-state index in [4.69, 9.17) is 4.74 Å². The number of anilines is 1. The average molecular weight is 277 g/mol. The highest BCUT2D eigenvalue weighted by Crippen LogP contribution is 2.21. The third-order valence-corrected chi connectivity index (χ3v) is 3.77. The van der Waals surface area contributed by atoms with Gasteiger partial charge in [0.25, 0.3) is 0 Å². The number of aromatic nitrogens is 1. The number of ether oxygens (including phenoxy) is 1. The lowest BCUT2D eigenvalue weighted by molar-refractivity contribution is 0.326. The minimum Gasteiger partial charge on any atom is -0.478 e. The quantitative estimate of drug-likeness (QED) is 0.867. The van der Waals surface area contributed by atoms with Gasteiger partial charge in [0.2, 0.25) is 5.88 Å². The second-order valence-electron chi connectivity index (χ2n) is 5.73. The molecule has 4 heteroatoms. The third-order valence-electron chi connectivity index (χ3n) is 3.77. The molecule has 1 fully saturated rings. The molecule has 112 valence electrons. The van der Waals surface area contributed by atoms with Gasteiger partial charge in [-0.1, -0.05) is 6.07 Å². The number of pyridine rings is 1. The van der Waals surface area contributed by atoms with Crippen LogP contribution in [0.15, 0.2) is 18.2 Å². The zero-order valence-corrected chi connectivity index (χ0v) is 12.9. The maximum atomic E-state index is 5.52. The molecule has 1 unspecified atom stereocenters. The van der Waals surface area contributed by atoms with Crippen molar-refractivity contribution in [2.24, 2.45) is 5.92 Å². The Kier molecular flexibility index (Phi) is 5.65. The summed E-state index contributed by atoms with van der Waals surface area (Å²) in [6.07, 6.45) is 2.59. The van der Waals surface area contributed by atoms with E-state index in [9.17, 15) is 0 Å². The summed E-state index contributed by atoms with van der Waals surface area (Å²) in [7, 11) is 0. The Morgan fingerprint density at radius 2 is 2.30 bits per heavy atom. The molecule has 1 aliphatic rings. The van der Waals surface area contributed by atoms with Gasteiger partial charge >= 0.3 is 0 Å². The molecule has 4 nitrogen and oxygen atoms in total. The maximum Gasteiger partial charge on any atom is 0.215 e. The average Bonchev–Trinajstić information content (AvgIpc) is 2.46. The zero-order valence-electron chi connectivity index (χ0n) is 12.9. The van der Waals surface area contributed by atoms with E-state index in [2.05, 4.69) is 35.1 Å². The van der Waals surface area contributed by atoms with Crippen molar-refractivity contribution in [3.05, 3.63) is 18.2 Å². The first-order chi connectivity index (χ1) is 9.70. The van der Waals surface area contributed by atoms with Crippen LogP contribution in [0.5, 0.6) is 5.88 Å². The SMILES string of the molecule is CCOc1cccc(N(CC2CCCNC2)C(C)C)n1. The highest BCUT2D eigenvalue weighted by molar-refractivity contribution is 5.41. The van der Waals surface area contributed by atoms with Gasteiger partial charge in [-0.15, -0.1) is 0 Å². The van der Waals surface area contributed by atoms with Gasteiger partial charge in [-0.25, -0.2) is 0 Å². The number of piperidine rings is 1. The predicted octanol–water partition coefficient (Wildman–Crippen LogP) is 2.69. The van der Waals surface area contributed by atoms with E-state index in [1.54, 1.807) is 0 Å². The van der Waals surface area contributed by atoms with Gasteiger partial charge in [0, 0.05) is 18.7 Å². The summed E-state index contributed by atoms with van der Waals surface area (Å²) >= 11 is 0. The van der Waals surface area contributed by atoms with Crippen molar-refractivity contribution in [1.82, 2.24) is 10.3 Å². The van der Waals surface area contributed by atoms with Crippen LogP contribution in [0.3, 0.4) is 0 Å². The van der Waals surface area contributed by atoms with Crippen molar-refractivity contribution in [2.75, 3.05) is 31.1 Å². The van der Waals surface area contributed by atoms with E-state index >= 15 is 0 Å². The molecule has 0 spiro atoms. The number of nitrogens with one attached hydrogen (secondary N) is 1. The second kappa shape index (κ2) is 7.48. The Hall–Kier alpha value is -1.29. The standard InChI is InChI=1S/C16H27N3O/c1-4-20-16-9-5-8-15(18-16)19(13(2)3)12-14-7-6-10-17-11-14/h5,8-9,13-14,17H,4,6-7,10-12H2,1-3H3. The highest BCUT2D eigenvalue weighted by Gasteiger charge is 2.20. The van der Waals surface area contributed by atoms with Crippen LogP contribution >= 0.6 is 0 Å². The van der Waals surface area contributed by atoms with Crippen molar-refractivity contribution < 1.29 is 4.74 Å². The first-order valence-corrected chi connectivity index (χ1v) is 7.78. The molecule has 1 saturated heterocycles. The smallest absolute Gasteiger partial charge is 0.215 e. The normalized spacial score (nSPS) is 19.1. The van der Waals surface area contributed by atoms with E-state index in [-0.39, 0.29) is 0 Å². The summed E-state index contributed by atoms with van der Waals surface area (Å²) in [5, 5.41) is 3.49. The summed E-state index contributed by atoms with van der Waals surface area (Å²) in [5.74, 6) is 2.46. The van der Waals surface area contributed by atoms with Crippen molar-refractivity contribution in [3.8, 4) is 5.88 Å². The van der Waals surface area contributed by atoms with Crippen LogP contribution in [-0.2, 0) is 0 Å². The topological polar surface area (TPSA) is 37.4 Å². The fraction of sp³-hybridized carbons (Fsp3) is 0.688. The summed E-state index contributed by atoms with van der Waals surface area (Å²) in [6.45, 7) is 10.4. The fourth-order valence-electron chi connectivity index (χ4n) is 2.72. The molecule has 0 saturated carbocycles. The van der Waals surface area contributed by atoms with E-state index < -0.39 is 0 Å². The Balaban J connectivity index is 2.08. The van der Waals surface area contributed by atoms with Crippen LogP contribution in [0.4, 0.5) is 5.82 Å². The summed E-state index contributed by atoms with van der Waals surface area (Å²) in [4.78, 5) is 7.02. The van der Waals surface area contributed by atoms with Crippen LogP contribution in [0.1, 0.15) is 33.6 Å². The first kappa shape index (κ1) is 15.1. The first-order valence-electron chi connectivity index (χ1n) is 7.78. The van der Waals surface area contributed by atoms with Gasteiger partial charge in [0.15, 0.2) is 0 Å². The summed E-state index contributed by atoms with van der Waals surface area (Å²) < 4.78 is 5.52. The number of rotatable bonds is 6. The molecule has 2 heterocycles. The summed E-state index contributed by atoms with van der Waals surface area (Å²) in [6, 6.07) is 6.48. The lowest BCUT2D eigenvalue weighted by Crippen LogP contribution is -2.41. The van der Waals surface area contributed by atoms with Crippen LogP contribution in [-0.4, -0.2) is 37.3 Å². The monoisotopic (exact) mass is 277 g/mol. The van der Waals surface area contributed by atoms with E-state index in [0.29, 0.717) is 18.6 Å². The van der Waals surface area contributed by atoms with Gasteiger partial charge in [0.05, 0.1) is 6.61 Å². The molecule has 1 aromatic rings. The highest BCUT2D eigenvalue weighted by atomic mass is 16.5. The molecule has 1 aromatic heterocycles. The predicted molar refractivity (Wildman–Crippen MR) is 83.5 cm³/mol. The van der Waals surface area contributed by atoms with E-state index in [1.165, 1.54) is 12.8 Å². The maximum absolute atomic E-state index is 5.52. The number of hydrogen-bond donors (Lipinski definition) is 1. The van der Waals surface area contributed by atoms with Gasteiger partial charge < -0.3 is 15.0 Å². The minimum absolute atomic E-state index is 0.446. The Labute approximate surface area is 122 Å². The lowest BCUT2D eigenvalue weighted by Gasteiger charge is -2.33. The van der Waals surface area contributed by atoms with Gasteiger partial charge in [-0.2, -0.15) is 4.98 Å². The molecule has 1 N–H and O–H groups in total. The lowest BCUT2D eigenvalue weighted by atomic mass is 9.98. The zero-order chi connectivity index (χ0) is 14.4. The molecule has 0 radical (unpaired) electrons. The van der Waals surface area contributed by atoms with Crippen LogP contribution in [0.25, 0.3) is 0 Å². The van der Waals surface area contributed by atoms with E-state index in [0.717, 1.165) is 31.3 Å². The van der Waals surface area contributed by atoms with Crippen LogP contribution in [0.2, 0.25) is 0 Å². The largest absolute Gasteiger partial charge is 0.478 e. The van der Waals surface area contributed by atoms with Crippen molar-refractivity contribution in [3.63, 3.8) is 0 Å². The fourth-order valence-corrected chi connectivity index (χ4v) is 2.72. The van der Waals surface area contributed by atoms with Crippen LogP contribution < -0.4 is 15.0 Å². The van der Waals surface area contributed by atoms with Gasteiger partial charge in [0.1, 0.15) is 5.82 Å². The van der Waals surface area contributed by atoms with Crippen molar-refractivity contribution in [1.29, 1.82) is 0 Å². The Morgan fingerprint density at radius 1 is 1.45 bits per heavy atom. The molecule has 20 heavy (non-hydrogen) atoms. The summed E-state index contributed by atoms with van der Waals surface area (Å²) in [5.41, 5.74) is 0. The van der Waals surface area contributed by atoms with Gasteiger partial charge in [-0.3, -0.25) is 0 Å². The molecule has 0 bridgehead atoms. The van der Waals surface area contributed by atoms with Crippen LogP contribution in [0, 0.1) is 5.92 Å². The Bertz CT molecular complexity index is 402. The van der Waals surface area contributed by atoms with Crippen molar-refractivity contribution >= 4 is 5.82 Å². The minimum atomic E-state index is 0.446. The molecule has 1 aliphatic heterocycles. The van der Waals surface area contributed by atoms with E-state index in [1.807, 2.05) is 19.1 Å². The van der Waals surface area contributed by atoms with Crippen molar-refractivity contribution in [2.45, 2.75) is 39.7 Å². The molecule has 0 amide bonds. The molecule has 0 aliphatic carbocycles. The second-order valence-corrected chi connectivity index (χ2v) is 5.73. The molecular weight excluding hydrogens is 250 g/mol.